The summed E-state index contributed by atoms with van der Waals surface area (Å²) in [5.74, 6) is 0. The number of hydrogen-bond donors (Lipinski definition) is 1. The Morgan fingerprint density at radius 2 is 1.88 bits per heavy atom. The number of rotatable bonds is 1. The molecule has 0 radical (unpaired) electrons. The van der Waals surface area contributed by atoms with Gasteiger partial charge < -0.3 is 9.67 Å². The Kier molecular flexibility index (Phi) is 1.35. The van der Waals surface area contributed by atoms with Crippen molar-refractivity contribution in [1.82, 2.24) is 4.57 Å². The maximum Gasteiger partial charge on any atom is 0.127 e. The molecule has 0 saturated carbocycles. The average Bonchev–Trinajstić information content (AvgIpc) is 2.12. The Bertz CT molecular complexity index is 144. The van der Waals surface area contributed by atoms with E-state index in [1.165, 1.54) is 0 Å². The Hall–Kier alpha value is -0.760. The van der Waals surface area contributed by atoms with E-state index in [0.717, 1.165) is 0 Å². The molecule has 0 aliphatic rings. The highest BCUT2D eigenvalue weighted by molar-refractivity contribution is 4.90. The molecule has 0 amide bonds. The maximum atomic E-state index is 8.88. The molecule has 0 bridgehead atoms. The highest BCUT2D eigenvalue weighted by atomic mass is 16.3. The summed E-state index contributed by atoms with van der Waals surface area (Å²) in [6, 6.07) is 3.76. The Labute approximate surface area is 48.4 Å². The maximum absolute atomic E-state index is 8.88. The van der Waals surface area contributed by atoms with Crippen molar-refractivity contribution in [2.45, 2.75) is 13.2 Å². The number of nitrogens with zero attached hydrogens (tertiary/aromatic N) is 1. The molecule has 1 heterocycles. The lowest BCUT2D eigenvalue weighted by molar-refractivity contribution is 0.125. The second-order valence-corrected chi connectivity index (χ2v) is 1.76. The summed E-state index contributed by atoms with van der Waals surface area (Å²) in [5.41, 5.74) is 0. The minimum Gasteiger partial charge on any atom is -0.374 e. The number of aliphatic hydroxyl groups is 1. The monoisotopic (exact) mass is 111 g/mol. The minimum atomic E-state index is -0.398. The topological polar surface area (TPSA) is 25.2 Å². The van der Waals surface area contributed by atoms with Crippen LogP contribution in [0, 0.1) is 0 Å². The first-order valence-corrected chi connectivity index (χ1v) is 2.61. The van der Waals surface area contributed by atoms with Gasteiger partial charge in [0.15, 0.2) is 0 Å². The standard InChI is InChI=1S/C6H9NO/c1-6(8)7-4-2-3-5-7/h2-6,8H,1H3/t6-/m0/s1. The van der Waals surface area contributed by atoms with Crippen LogP contribution in [-0.4, -0.2) is 9.67 Å². The summed E-state index contributed by atoms with van der Waals surface area (Å²) in [4.78, 5) is 0. The molecule has 1 rings (SSSR count). The molecule has 44 valence electrons. The van der Waals surface area contributed by atoms with Gasteiger partial charge in [-0.2, -0.15) is 0 Å². The van der Waals surface area contributed by atoms with Crippen LogP contribution in [0.15, 0.2) is 24.5 Å². The summed E-state index contributed by atoms with van der Waals surface area (Å²) < 4.78 is 1.72. The van der Waals surface area contributed by atoms with Gasteiger partial charge in [-0.05, 0) is 19.1 Å². The van der Waals surface area contributed by atoms with Crippen molar-refractivity contribution in [3.05, 3.63) is 24.5 Å². The van der Waals surface area contributed by atoms with E-state index in [1.54, 1.807) is 11.5 Å². The molecule has 0 aliphatic carbocycles. The third kappa shape index (κ3) is 0.898. The minimum absolute atomic E-state index is 0.398. The fraction of sp³-hybridized carbons (Fsp3) is 0.333. The zero-order valence-electron chi connectivity index (χ0n) is 4.78. The summed E-state index contributed by atoms with van der Waals surface area (Å²) in [6.45, 7) is 1.72. The molecule has 0 unspecified atom stereocenters. The predicted molar refractivity (Wildman–Crippen MR) is 31.4 cm³/mol. The molecule has 1 aromatic rings. The Balaban J connectivity index is 2.77. The lowest BCUT2D eigenvalue weighted by Gasteiger charge is -2.02. The highest BCUT2D eigenvalue weighted by Crippen LogP contribution is 1.98. The van der Waals surface area contributed by atoms with Crippen LogP contribution in [0.1, 0.15) is 13.2 Å². The van der Waals surface area contributed by atoms with E-state index in [2.05, 4.69) is 0 Å². The Morgan fingerprint density at radius 3 is 2.12 bits per heavy atom. The van der Waals surface area contributed by atoms with E-state index in [4.69, 9.17) is 5.11 Å². The third-order valence-electron chi connectivity index (χ3n) is 1.06. The van der Waals surface area contributed by atoms with Crippen LogP contribution in [0.5, 0.6) is 0 Å². The van der Waals surface area contributed by atoms with Crippen LogP contribution in [-0.2, 0) is 0 Å². The van der Waals surface area contributed by atoms with E-state index in [9.17, 15) is 0 Å². The van der Waals surface area contributed by atoms with Crippen molar-refractivity contribution < 1.29 is 5.11 Å². The largest absolute Gasteiger partial charge is 0.374 e. The van der Waals surface area contributed by atoms with Gasteiger partial charge in [0.25, 0.3) is 0 Å². The lowest BCUT2D eigenvalue weighted by Crippen LogP contribution is -1.98. The van der Waals surface area contributed by atoms with Crippen molar-refractivity contribution in [2.75, 3.05) is 0 Å². The molecule has 2 nitrogen and oxygen atoms in total. The van der Waals surface area contributed by atoms with Crippen LogP contribution >= 0.6 is 0 Å². The van der Waals surface area contributed by atoms with E-state index in [0.29, 0.717) is 0 Å². The predicted octanol–water partition coefficient (Wildman–Crippen LogP) is 0.999. The van der Waals surface area contributed by atoms with Crippen LogP contribution in [0.25, 0.3) is 0 Å². The van der Waals surface area contributed by atoms with Gasteiger partial charge in [0.1, 0.15) is 6.23 Å². The average molecular weight is 111 g/mol. The number of hydrogen-bond acceptors (Lipinski definition) is 1. The van der Waals surface area contributed by atoms with Gasteiger partial charge in [-0.3, -0.25) is 0 Å². The zero-order chi connectivity index (χ0) is 5.98. The summed E-state index contributed by atoms with van der Waals surface area (Å²) in [5, 5.41) is 8.88. The van der Waals surface area contributed by atoms with E-state index >= 15 is 0 Å². The molecule has 8 heavy (non-hydrogen) atoms. The fourth-order valence-corrected chi connectivity index (χ4v) is 0.597. The summed E-state index contributed by atoms with van der Waals surface area (Å²) in [6.07, 6.45) is 3.25. The second kappa shape index (κ2) is 2.01. The third-order valence-corrected chi connectivity index (χ3v) is 1.06. The van der Waals surface area contributed by atoms with Gasteiger partial charge in [-0.1, -0.05) is 0 Å². The molecule has 2 heteroatoms. The van der Waals surface area contributed by atoms with Crippen molar-refractivity contribution in [1.29, 1.82) is 0 Å². The molecule has 1 atom stereocenters. The first kappa shape index (κ1) is 5.38. The lowest BCUT2D eigenvalue weighted by atomic mass is 10.6. The van der Waals surface area contributed by atoms with Crippen LogP contribution < -0.4 is 0 Å². The van der Waals surface area contributed by atoms with Crippen LogP contribution in [0.2, 0.25) is 0 Å². The molecule has 0 aliphatic heterocycles. The van der Waals surface area contributed by atoms with Gasteiger partial charge in [-0.25, -0.2) is 0 Å². The van der Waals surface area contributed by atoms with Crippen molar-refractivity contribution in [3.63, 3.8) is 0 Å². The van der Waals surface area contributed by atoms with Crippen molar-refractivity contribution in [3.8, 4) is 0 Å². The van der Waals surface area contributed by atoms with Gasteiger partial charge in [-0.15, -0.1) is 0 Å². The van der Waals surface area contributed by atoms with Crippen molar-refractivity contribution >= 4 is 0 Å². The zero-order valence-corrected chi connectivity index (χ0v) is 4.78. The van der Waals surface area contributed by atoms with Crippen LogP contribution in [0.4, 0.5) is 0 Å². The molecular formula is C6H9NO. The van der Waals surface area contributed by atoms with Gasteiger partial charge >= 0.3 is 0 Å². The van der Waals surface area contributed by atoms with E-state index in [1.807, 2.05) is 24.5 Å². The molecule has 0 aromatic carbocycles. The summed E-state index contributed by atoms with van der Waals surface area (Å²) >= 11 is 0. The first-order valence-electron chi connectivity index (χ1n) is 2.61. The normalized spacial score (nSPS) is 13.8. The van der Waals surface area contributed by atoms with Gasteiger partial charge in [0, 0.05) is 12.4 Å². The number of aliphatic hydroxyl groups excluding tert-OH is 1. The van der Waals surface area contributed by atoms with Gasteiger partial charge in [0.2, 0.25) is 0 Å². The quantitative estimate of drug-likeness (QED) is 0.574. The van der Waals surface area contributed by atoms with Crippen LogP contribution in [0.3, 0.4) is 0 Å². The fourth-order valence-electron chi connectivity index (χ4n) is 0.597. The van der Waals surface area contributed by atoms with E-state index in [-0.39, 0.29) is 0 Å². The molecule has 0 fully saturated rings. The molecule has 1 N–H and O–H groups in total. The molecule has 0 spiro atoms. The molecule has 0 saturated heterocycles. The molecular weight excluding hydrogens is 102 g/mol. The Morgan fingerprint density at radius 1 is 1.38 bits per heavy atom. The highest BCUT2D eigenvalue weighted by Gasteiger charge is 1.91. The summed E-state index contributed by atoms with van der Waals surface area (Å²) in [7, 11) is 0. The van der Waals surface area contributed by atoms with Crippen molar-refractivity contribution in [2.24, 2.45) is 0 Å². The van der Waals surface area contributed by atoms with Gasteiger partial charge in [0.05, 0.1) is 0 Å². The SMILES string of the molecule is C[C@H](O)n1cccc1. The first-order chi connectivity index (χ1) is 3.80. The van der Waals surface area contributed by atoms with E-state index < -0.39 is 6.23 Å². The molecule has 1 aromatic heterocycles. The number of aromatic nitrogens is 1. The smallest absolute Gasteiger partial charge is 0.127 e. The second-order valence-electron chi connectivity index (χ2n) is 1.76.